The largest absolute Gasteiger partial charge is 0.507 e. The van der Waals surface area contributed by atoms with Gasteiger partial charge in [0.05, 0.1) is 7.11 Å². The quantitative estimate of drug-likeness (QED) is 0.879. The molecular weight excluding hydrogens is 264 g/mol. The lowest BCUT2D eigenvalue weighted by Gasteiger charge is -2.15. The van der Waals surface area contributed by atoms with Gasteiger partial charge < -0.3 is 14.9 Å². The fourth-order valence-electron chi connectivity index (χ4n) is 2.63. The van der Waals surface area contributed by atoms with Crippen LogP contribution < -0.4 is 4.74 Å². The van der Waals surface area contributed by atoms with Crippen molar-refractivity contribution in [1.82, 2.24) is 0 Å². The standard InChI is InChI=1S/C18H22O3/c1-5-6-13-7-11(2)8-14(17(13)19)15-9-12(3)10-16(21-4)18(15)20/h7-10,19-20H,5-6H2,1-4H3. The number of hydrogen-bond donors (Lipinski definition) is 2. The second-order valence-electron chi connectivity index (χ2n) is 5.43. The molecule has 0 spiro atoms. The van der Waals surface area contributed by atoms with Crippen LogP contribution in [0.1, 0.15) is 30.0 Å². The van der Waals surface area contributed by atoms with E-state index in [9.17, 15) is 10.2 Å². The molecule has 112 valence electrons. The molecule has 0 saturated carbocycles. The van der Waals surface area contributed by atoms with Crippen molar-refractivity contribution in [2.75, 3.05) is 7.11 Å². The average Bonchev–Trinajstić information content (AvgIpc) is 2.45. The normalized spacial score (nSPS) is 10.7. The van der Waals surface area contributed by atoms with Crippen molar-refractivity contribution in [2.24, 2.45) is 0 Å². The van der Waals surface area contributed by atoms with Gasteiger partial charge in [-0.05, 0) is 55.2 Å². The van der Waals surface area contributed by atoms with Crippen LogP contribution >= 0.6 is 0 Å². The molecule has 3 heteroatoms. The predicted octanol–water partition coefficient (Wildman–Crippen LogP) is 4.34. The first-order valence-electron chi connectivity index (χ1n) is 7.18. The number of hydrogen-bond acceptors (Lipinski definition) is 3. The van der Waals surface area contributed by atoms with Gasteiger partial charge in [0.25, 0.3) is 0 Å². The van der Waals surface area contributed by atoms with Crippen LogP contribution in [0.15, 0.2) is 24.3 Å². The van der Waals surface area contributed by atoms with Gasteiger partial charge in [-0.25, -0.2) is 0 Å². The summed E-state index contributed by atoms with van der Waals surface area (Å²) >= 11 is 0. The molecule has 0 fully saturated rings. The van der Waals surface area contributed by atoms with Crippen LogP contribution in [0.3, 0.4) is 0 Å². The van der Waals surface area contributed by atoms with Crippen molar-refractivity contribution in [2.45, 2.75) is 33.6 Å². The van der Waals surface area contributed by atoms with Crippen molar-refractivity contribution >= 4 is 0 Å². The van der Waals surface area contributed by atoms with Gasteiger partial charge in [-0.2, -0.15) is 0 Å². The van der Waals surface area contributed by atoms with Gasteiger partial charge in [0, 0.05) is 11.1 Å². The smallest absolute Gasteiger partial charge is 0.165 e. The first-order chi connectivity index (χ1) is 9.97. The summed E-state index contributed by atoms with van der Waals surface area (Å²) in [5, 5.41) is 20.9. The Labute approximate surface area is 125 Å². The first-order valence-corrected chi connectivity index (χ1v) is 7.18. The molecule has 0 saturated heterocycles. The third-order valence-corrected chi connectivity index (χ3v) is 3.58. The van der Waals surface area contributed by atoms with Crippen molar-refractivity contribution in [3.63, 3.8) is 0 Å². The Bertz CT molecular complexity index is 660. The zero-order valence-corrected chi connectivity index (χ0v) is 13.0. The van der Waals surface area contributed by atoms with Gasteiger partial charge in [0.2, 0.25) is 0 Å². The van der Waals surface area contributed by atoms with Crippen LogP contribution in [-0.4, -0.2) is 17.3 Å². The summed E-state index contributed by atoms with van der Waals surface area (Å²) in [6.45, 7) is 6.01. The number of aromatic hydroxyl groups is 2. The van der Waals surface area contributed by atoms with Crippen molar-refractivity contribution in [3.8, 4) is 28.4 Å². The third-order valence-electron chi connectivity index (χ3n) is 3.58. The van der Waals surface area contributed by atoms with Gasteiger partial charge in [-0.3, -0.25) is 0 Å². The molecule has 0 aliphatic rings. The van der Waals surface area contributed by atoms with E-state index in [0.29, 0.717) is 16.9 Å². The molecule has 0 aliphatic heterocycles. The molecule has 0 atom stereocenters. The monoisotopic (exact) mass is 286 g/mol. The SMILES string of the molecule is CCCc1cc(C)cc(-c2cc(C)cc(OC)c2O)c1O. The van der Waals surface area contributed by atoms with Gasteiger partial charge in [-0.1, -0.05) is 19.4 Å². The highest BCUT2D eigenvalue weighted by atomic mass is 16.5. The summed E-state index contributed by atoms with van der Waals surface area (Å²) < 4.78 is 5.20. The molecule has 0 bridgehead atoms. The summed E-state index contributed by atoms with van der Waals surface area (Å²) in [6, 6.07) is 7.52. The van der Waals surface area contributed by atoms with Crippen LogP contribution in [0, 0.1) is 13.8 Å². The minimum Gasteiger partial charge on any atom is -0.507 e. The van der Waals surface area contributed by atoms with Crippen LogP contribution in [0.5, 0.6) is 17.2 Å². The molecule has 3 nitrogen and oxygen atoms in total. The minimum absolute atomic E-state index is 0.0615. The van der Waals surface area contributed by atoms with E-state index < -0.39 is 0 Å². The molecule has 0 unspecified atom stereocenters. The molecule has 0 radical (unpaired) electrons. The lowest BCUT2D eigenvalue weighted by molar-refractivity contribution is 0.374. The number of rotatable bonds is 4. The van der Waals surface area contributed by atoms with Gasteiger partial charge in [0.1, 0.15) is 5.75 Å². The van der Waals surface area contributed by atoms with E-state index in [4.69, 9.17) is 4.74 Å². The van der Waals surface area contributed by atoms with E-state index >= 15 is 0 Å². The van der Waals surface area contributed by atoms with Crippen molar-refractivity contribution in [3.05, 3.63) is 41.0 Å². The van der Waals surface area contributed by atoms with Crippen LogP contribution in [0.25, 0.3) is 11.1 Å². The maximum Gasteiger partial charge on any atom is 0.165 e. The number of ether oxygens (including phenoxy) is 1. The molecule has 21 heavy (non-hydrogen) atoms. The lowest BCUT2D eigenvalue weighted by Crippen LogP contribution is -1.93. The van der Waals surface area contributed by atoms with Gasteiger partial charge in [0.15, 0.2) is 11.5 Å². The molecule has 0 aliphatic carbocycles. The maximum atomic E-state index is 10.5. The number of phenols is 2. The average molecular weight is 286 g/mol. The molecule has 2 aromatic rings. The molecule has 0 aromatic heterocycles. The maximum absolute atomic E-state index is 10.5. The van der Waals surface area contributed by atoms with Crippen LogP contribution in [0.4, 0.5) is 0 Å². The zero-order chi connectivity index (χ0) is 15.6. The summed E-state index contributed by atoms with van der Waals surface area (Å²) in [7, 11) is 1.52. The van der Waals surface area contributed by atoms with Gasteiger partial charge in [-0.15, -0.1) is 0 Å². The van der Waals surface area contributed by atoms with E-state index in [-0.39, 0.29) is 11.5 Å². The molecule has 0 heterocycles. The van der Waals surface area contributed by atoms with Crippen molar-refractivity contribution < 1.29 is 14.9 Å². The molecule has 0 amide bonds. The molecule has 2 rings (SSSR count). The summed E-state index contributed by atoms with van der Waals surface area (Å²) in [5.41, 5.74) is 4.19. The van der Waals surface area contributed by atoms with Crippen LogP contribution in [0.2, 0.25) is 0 Å². The van der Waals surface area contributed by atoms with E-state index in [0.717, 1.165) is 29.5 Å². The van der Waals surface area contributed by atoms with Crippen molar-refractivity contribution in [1.29, 1.82) is 0 Å². The molecular formula is C18H22O3. The number of phenolic OH excluding ortho intramolecular Hbond substituents is 2. The molecule has 2 aromatic carbocycles. The summed E-state index contributed by atoms with van der Waals surface area (Å²) in [6.07, 6.45) is 1.77. The second-order valence-corrected chi connectivity index (χ2v) is 5.43. The third kappa shape index (κ3) is 2.97. The Morgan fingerprint density at radius 3 is 2.05 bits per heavy atom. The zero-order valence-electron chi connectivity index (χ0n) is 13.0. The highest BCUT2D eigenvalue weighted by molar-refractivity contribution is 5.80. The number of aryl methyl sites for hydroxylation is 3. The Morgan fingerprint density at radius 1 is 0.905 bits per heavy atom. The van der Waals surface area contributed by atoms with E-state index in [1.807, 2.05) is 32.0 Å². The Balaban J connectivity index is 2.69. The Morgan fingerprint density at radius 2 is 1.48 bits per heavy atom. The topological polar surface area (TPSA) is 49.7 Å². The minimum atomic E-state index is 0.0615. The van der Waals surface area contributed by atoms with E-state index in [1.54, 1.807) is 6.07 Å². The first kappa shape index (κ1) is 15.2. The fraction of sp³-hybridized carbons (Fsp3) is 0.333. The lowest BCUT2D eigenvalue weighted by atomic mass is 9.95. The van der Waals surface area contributed by atoms with E-state index in [2.05, 4.69) is 6.92 Å². The van der Waals surface area contributed by atoms with E-state index in [1.165, 1.54) is 7.11 Å². The fourth-order valence-corrected chi connectivity index (χ4v) is 2.63. The number of benzene rings is 2. The van der Waals surface area contributed by atoms with Crippen LogP contribution in [-0.2, 0) is 6.42 Å². The highest BCUT2D eigenvalue weighted by Crippen LogP contribution is 2.43. The van der Waals surface area contributed by atoms with Gasteiger partial charge >= 0.3 is 0 Å². The molecule has 2 N–H and O–H groups in total. The predicted molar refractivity (Wildman–Crippen MR) is 85.2 cm³/mol. The summed E-state index contributed by atoms with van der Waals surface area (Å²) in [5.74, 6) is 0.722. The second kappa shape index (κ2) is 6.08. The number of methoxy groups -OCH3 is 1. The Hall–Kier alpha value is -2.16. The highest BCUT2D eigenvalue weighted by Gasteiger charge is 2.16. The summed E-state index contributed by atoms with van der Waals surface area (Å²) in [4.78, 5) is 0. The Kier molecular flexibility index (Phi) is 4.41.